The molecule has 0 bridgehead atoms. The van der Waals surface area contributed by atoms with Crippen molar-refractivity contribution in [1.29, 1.82) is 0 Å². The number of methoxy groups -OCH3 is 1. The number of carbonyl (C=O) groups is 1. The lowest BCUT2D eigenvalue weighted by Crippen LogP contribution is -2.01. The first-order valence-electron chi connectivity index (χ1n) is 4.99. The monoisotopic (exact) mass is 219 g/mol. The summed E-state index contributed by atoms with van der Waals surface area (Å²) >= 11 is 0. The van der Waals surface area contributed by atoms with E-state index in [1.54, 1.807) is 7.11 Å². The number of aromatic nitrogens is 1. The van der Waals surface area contributed by atoms with E-state index in [1.165, 1.54) is 0 Å². The molecule has 16 heavy (non-hydrogen) atoms. The number of carboxylic acid groups (broad SMARTS) is 1. The van der Waals surface area contributed by atoms with Crippen molar-refractivity contribution in [1.82, 2.24) is 4.98 Å². The predicted octanol–water partition coefficient (Wildman–Crippen LogP) is 2.11. The molecule has 0 aliphatic carbocycles. The van der Waals surface area contributed by atoms with Crippen molar-refractivity contribution < 1.29 is 14.6 Å². The van der Waals surface area contributed by atoms with Crippen LogP contribution in [0.4, 0.5) is 0 Å². The van der Waals surface area contributed by atoms with Crippen LogP contribution in [0.2, 0.25) is 0 Å². The summed E-state index contributed by atoms with van der Waals surface area (Å²) in [5.41, 5.74) is 2.58. The molecule has 0 saturated heterocycles. The Morgan fingerprint density at radius 3 is 2.88 bits per heavy atom. The van der Waals surface area contributed by atoms with E-state index in [1.807, 2.05) is 25.1 Å². The fourth-order valence-electron chi connectivity index (χ4n) is 1.95. The SMILES string of the molecule is COc1cccc2[nH]c(C)c(CC(=O)O)c12. The summed E-state index contributed by atoms with van der Waals surface area (Å²) in [4.78, 5) is 14.0. The topological polar surface area (TPSA) is 62.3 Å². The van der Waals surface area contributed by atoms with Crippen LogP contribution in [0, 0.1) is 6.92 Å². The Hall–Kier alpha value is -1.97. The van der Waals surface area contributed by atoms with Crippen molar-refractivity contribution in [3.8, 4) is 5.75 Å². The third kappa shape index (κ3) is 1.62. The average molecular weight is 219 g/mol. The van der Waals surface area contributed by atoms with Gasteiger partial charge in [0.15, 0.2) is 0 Å². The van der Waals surface area contributed by atoms with Gasteiger partial charge in [0.25, 0.3) is 0 Å². The largest absolute Gasteiger partial charge is 0.496 e. The van der Waals surface area contributed by atoms with Gasteiger partial charge in [-0.2, -0.15) is 0 Å². The van der Waals surface area contributed by atoms with E-state index in [0.717, 1.165) is 22.2 Å². The van der Waals surface area contributed by atoms with Gasteiger partial charge >= 0.3 is 5.97 Å². The summed E-state index contributed by atoms with van der Waals surface area (Å²) in [5.74, 6) is -0.131. The molecule has 1 heterocycles. The third-order valence-electron chi connectivity index (χ3n) is 2.65. The number of ether oxygens (including phenoxy) is 1. The van der Waals surface area contributed by atoms with Crippen LogP contribution in [0.1, 0.15) is 11.3 Å². The van der Waals surface area contributed by atoms with Gasteiger partial charge in [-0.1, -0.05) is 6.07 Å². The molecule has 4 nitrogen and oxygen atoms in total. The number of fused-ring (bicyclic) bond motifs is 1. The first-order valence-corrected chi connectivity index (χ1v) is 4.99. The quantitative estimate of drug-likeness (QED) is 0.831. The molecular formula is C12H13NO3. The molecule has 84 valence electrons. The second-order valence-corrected chi connectivity index (χ2v) is 3.68. The van der Waals surface area contributed by atoms with Crippen LogP contribution < -0.4 is 4.74 Å². The van der Waals surface area contributed by atoms with E-state index < -0.39 is 5.97 Å². The van der Waals surface area contributed by atoms with Gasteiger partial charge < -0.3 is 14.8 Å². The fraction of sp³-hybridized carbons (Fsp3) is 0.250. The smallest absolute Gasteiger partial charge is 0.307 e. The zero-order chi connectivity index (χ0) is 11.7. The number of aliphatic carboxylic acids is 1. The lowest BCUT2D eigenvalue weighted by molar-refractivity contribution is -0.136. The fourth-order valence-corrected chi connectivity index (χ4v) is 1.95. The minimum atomic E-state index is -0.838. The minimum absolute atomic E-state index is 0.00616. The Bertz CT molecular complexity index is 542. The van der Waals surface area contributed by atoms with Crippen LogP contribution >= 0.6 is 0 Å². The van der Waals surface area contributed by atoms with Crippen LogP contribution in [0.5, 0.6) is 5.75 Å². The Morgan fingerprint density at radius 1 is 1.50 bits per heavy atom. The highest BCUT2D eigenvalue weighted by Gasteiger charge is 2.14. The van der Waals surface area contributed by atoms with Crippen molar-refractivity contribution in [2.75, 3.05) is 7.11 Å². The first kappa shape index (κ1) is 10.5. The van der Waals surface area contributed by atoms with Crippen molar-refractivity contribution in [3.05, 3.63) is 29.5 Å². The molecular weight excluding hydrogens is 206 g/mol. The van der Waals surface area contributed by atoms with E-state index >= 15 is 0 Å². The minimum Gasteiger partial charge on any atom is -0.496 e. The maximum atomic E-state index is 10.8. The molecule has 0 radical (unpaired) electrons. The first-order chi connectivity index (χ1) is 7.63. The van der Waals surface area contributed by atoms with E-state index in [2.05, 4.69) is 4.98 Å². The summed E-state index contributed by atoms with van der Waals surface area (Å²) < 4.78 is 5.25. The molecule has 1 aromatic carbocycles. The van der Waals surface area contributed by atoms with Gasteiger partial charge in [-0.25, -0.2) is 0 Å². The van der Waals surface area contributed by atoms with Gasteiger partial charge in [-0.15, -0.1) is 0 Å². The summed E-state index contributed by atoms with van der Waals surface area (Å²) in [6.45, 7) is 1.87. The van der Waals surface area contributed by atoms with E-state index in [4.69, 9.17) is 9.84 Å². The maximum Gasteiger partial charge on any atom is 0.307 e. The van der Waals surface area contributed by atoms with E-state index in [0.29, 0.717) is 5.75 Å². The van der Waals surface area contributed by atoms with Gasteiger partial charge in [0.05, 0.1) is 13.5 Å². The number of benzene rings is 1. The van der Waals surface area contributed by atoms with Crippen molar-refractivity contribution >= 4 is 16.9 Å². The molecule has 0 saturated carbocycles. The lowest BCUT2D eigenvalue weighted by atomic mass is 10.1. The normalized spacial score (nSPS) is 10.6. The molecule has 0 amide bonds. The van der Waals surface area contributed by atoms with Crippen LogP contribution in [-0.4, -0.2) is 23.2 Å². The van der Waals surface area contributed by atoms with E-state index in [-0.39, 0.29) is 6.42 Å². The highest BCUT2D eigenvalue weighted by Crippen LogP contribution is 2.31. The molecule has 0 aliphatic heterocycles. The highest BCUT2D eigenvalue weighted by molar-refractivity contribution is 5.93. The molecule has 2 rings (SSSR count). The van der Waals surface area contributed by atoms with E-state index in [9.17, 15) is 4.79 Å². The number of nitrogens with one attached hydrogen (secondary N) is 1. The van der Waals surface area contributed by atoms with Crippen LogP contribution in [0.15, 0.2) is 18.2 Å². The van der Waals surface area contributed by atoms with Gasteiger partial charge in [-0.05, 0) is 24.6 Å². The molecule has 2 aromatic rings. The molecule has 0 fully saturated rings. The zero-order valence-corrected chi connectivity index (χ0v) is 9.20. The number of aromatic amines is 1. The maximum absolute atomic E-state index is 10.8. The van der Waals surface area contributed by atoms with Gasteiger partial charge in [-0.3, -0.25) is 4.79 Å². The highest BCUT2D eigenvalue weighted by atomic mass is 16.5. The standard InChI is InChI=1S/C12H13NO3/c1-7-8(6-11(14)15)12-9(13-7)4-3-5-10(12)16-2/h3-5,13H,6H2,1-2H3,(H,14,15). The van der Waals surface area contributed by atoms with Crippen molar-refractivity contribution in [2.24, 2.45) is 0 Å². The van der Waals surface area contributed by atoms with Gasteiger partial charge in [0.1, 0.15) is 5.75 Å². The Balaban J connectivity index is 2.70. The van der Waals surface area contributed by atoms with Crippen molar-refractivity contribution in [2.45, 2.75) is 13.3 Å². The lowest BCUT2D eigenvalue weighted by Gasteiger charge is -2.03. The number of carboxylic acids is 1. The number of H-pyrrole nitrogens is 1. The summed E-state index contributed by atoms with van der Waals surface area (Å²) in [6, 6.07) is 5.62. The number of hydrogen-bond donors (Lipinski definition) is 2. The van der Waals surface area contributed by atoms with Crippen LogP contribution in [-0.2, 0) is 11.2 Å². The van der Waals surface area contributed by atoms with Gasteiger partial charge in [0, 0.05) is 16.6 Å². The van der Waals surface area contributed by atoms with Crippen LogP contribution in [0.25, 0.3) is 10.9 Å². The zero-order valence-electron chi connectivity index (χ0n) is 9.20. The average Bonchev–Trinajstić information content (AvgIpc) is 2.54. The van der Waals surface area contributed by atoms with Crippen molar-refractivity contribution in [3.63, 3.8) is 0 Å². The molecule has 2 N–H and O–H groups in total. The summed E-state index contributed by atoms with van der Waals surface area (Å²) in [7, 11) is 1.58. The molecule has 0 atom stereocenters. The van der Waals surface area contributed by atoms with Crippen LogP contribution in [0.3, 0.4) is 0 Å². The number of aryl methyl sites for hydroxylation is 1. The molecule has 0 aliphatic rings. The second-order valence-electron chi connectivity index (χ2n) is 3.68. The Kier molecular flexibility index (Phi) is 2.56. The Labute approximate surface area is 92.9 Å². The third-order valence-corrected chi connectivity index (χ3v) is 2.65. The predicted molar refractivity (Wildman–Crippen MR) is 60.9 cm³/mol. The molecule has 0 spiro atoms. The Morgan fingerprint density at radius 2 is 2.25 bits per heavy atom. The molecule has 1 aromatic heterocycles. The molecule has 0 unspecified atom stereocenters. The number of hydrogen-bond acceptors (Lipinski definition) is 2. The summed E-state index contributed by atoms with van der Waals surface area (Å²) in [6.07, 6.45) is 0.00616. The summed E-state index contributed by atoms with van der Waals surface area (Å²) in [5, 5.41) is 9.74. The number of rotatable bonds is 3. The van der Waals surface area contributed by atoms with Gasteiger partial charge in [0.2, 0.25) is 0 Å². The molecule has 4 heteroatoms. The second kappa shape index (κ2) is 3.89.